The predicted octanol–water partition coefficient (Wildman–Crippen LogP) is 2.13. The highest BCUT2D eigenvalue weighted by Crippen LogP contribution is 2.30. The molecule has 132 valence electrons. The lowest BCUT2D eigenvalue weighted by molar-refractivity contribution is 0.641. The Morgan fingerprint density at radius 1 is 0.960 bits per heavy atom. The van der Waals surface area contributed by atoms with Crippen LogP contribution < -0.4 is 20.9 Å². The first-order valence-corrected chi connectivity index (χ1v) is 9.09. The molecule has 1 aliphatic heterocycles. The first-order chi connectivity index (χ1) is 12.3. The highest BCUT2D eigenvalue weighted by atomic mass is 15.3. The molecule has 4 rings (SSSR count). The van der Waals surface area contributed by atoms with Crippen LogP contribution in [0.4, 0.5) is 23.1 Å². The molecule has 1 aliphatic carbocycles. The summed E-state index contributed by atoms with van der Waals surface area (Å²) in [6, 6.07) is 6.52. The van der Waals surface area contributed by atoms with Crippen molar-refractivity contribution in [2.75, 3.05) is 47.0 Å². The summed E-state index contributed by atoms with van der Waals surface area (Å²) in [6.07, 6.45) is 8.41. The van der Waals surface area contributed by atoms with Gasteiger partial charge in [-0.05, 0) is 25.0 Å². The van der Waals surface area contributed by atoms with E-state index in [-0.39, 0.29) is 0 Å². The van der Waals surface area contributed by atoms with Gasteiger partial charge in [-0.25, -0.2) is 15.0 Å². The molecule has 2 aromatic heterocycles. The molecule has 1 saturated heterocycles. The van der Waals surface area contributed by atoms with Gasteiger partial charge in [-0.15, -0.1) is 0 Å². The molecule has 25 heavy (non-hydrogen) atoms. The third-order valence-corrected chi connectivity index (χ3v) is 5.11. The molecule has 0 amide bonds. The van der Waals surface area contributed by atoms with E-state index in [4.69, 9.17) is 5.73 Å². The van der Waals surface area contributed by atoms with Crippen molar-refractivity contribution in [2.45, 2.75) is 31.7 Å². The van der Waals surface area contributed by atoms with E-state index < -0.39 is 0 Å². The molecular formula is C18H25N7. The minimum atomic E-state index is 0.492. The number of nitrogen functional groups attached to an aromatic ring is 1. The first-order valence-electron chi connectivity index (χ1n) is 9.09. The third-order valence-electron chi connectivity index (χ3n) is 5.11. The number of hydrogen-bond donors (Lipinski definition) is 2. The average molecular weight is 339 g/mol. The van der Waals surface area contributed by atoms with Gasteiger partial charge in [0.05, 0.1) is 0 Å². The van der Waals surface area contributed by atoms with Gasteiger partial charge in [-0.1, -0.05) is 18.9 Å². The van der Waals surface area contributed by atoms with Crippen molar-refractivity contribution in [3.63, 3.8) is 0 Å². The number of hydrogen-bond acceptors (Lipinski definition) is 7. The quantitative estimate of drug-likeness (QED) is 0.883. The summed E-state index contributed by atoms with van der Waals surface area (Å²) in [6.45, 7) is 3.57. The van der Waals surface area contributed by atoms with Crippen LogP contribution in [0.2, 0.25) is 0 Å². The Labute approximate surface area is 148 Å². The van der Waals surface area contributed by atoms with E-state index >= 15 is 0 Å². The van der Waals surface area contributed by atoms with Crippen LogP contribution in [0.3, 0.4) is 0 Å². The van der Waals surface area contributed by atoms with Crippen molar-refractivity contribution >= 4 is 23.1 Å². The van der Waals surface area contributed by atoms with Gasteiger partial charge < -0.3 is 20.9 Å². The Morgan fingerprint density at radius 2 is 1.72 bits per heavy atom. The molecule has 0 unspecified atom stereocenters. The topological polar surface area (TPSA) is 83.2 Å². The molecule has 3 heterocycles. The van der Waals surface area contributed by atoms with Crippen molar-refractivity contribution in [3.05, 3.63) is 30.7 Å². The second-order valence-electron chi connectivity index (χ2n) is 6.75. The lowest BCUT2D eigenvalue weighted by atomic mass is 10.2. The highest BCUT2D eigenvalue weighted by Gasteiger charge is 2.23. The molecule has 0 radical (unpaired) electrons. The second kappa shape index (κ2) is 7.13. The van der Waals surface area contributed by atoms with Gasteiger partial charge in [-0.2, -0.15) is 0 Å². The zero-order chi connectivity index (χ0) is 17.1. The third kappa shape index (κ3) is 3.45. The van der Waals surface area contributed by atoms with Gasteiger partial charge in [0, 0.05) is 38.4 Å². The van der Waals surface area contributed by atoms with Crippen molar-refractivity contribution < 1.29 is 0 Å². The number of pyridine rings is 1. The molecule has 7 nitrogen and oxygen atoms in total. The molecule has 0 aromatic carbocycles. The Balaban J connectivity index is 1.44. The normalized spacial score (nSPS) is 18.6. The fourth-order valence-corrected chi connectivity index (χ4v) is 3.70. The highest BCUT2D eigenvalue weighted by molar-refractivity contribution is 5.75. The maximum Gasteiger partial charge on any atom is 0.157 e. The maximum absolute atomic E-state index is 6.38. The monoisotopic (exact) mass is 339 g/mol. The fraction of sp³-hybridized carbons (Fsp3) is 0.500. The summed E-state index contributed by atoms with van der Waals surface area (Å²) >= 11 is 0. The van der Waals surface area contributed by atoms with Crippen molar-refractivity contribution in [3.8, 4) is 0 Å². The van der Waals surface area contributed by atoms with E-state index in [1.807, 2.05) is 18.3 Å². The van der Waals surface area contributed by atoms with Gasteiger partial charge >= 0.3 is 0 Å². The molecule has 2 aromatic rings. The number of nitrogens with two attached hydrogens (primary N) is 1. The summed E-state index contributed by atoms with van der Waals surface area (Å²) < 4.78 is 0. The van der Waals surface area contributed by atoms with Gasteiger partial charge in [0.15, 0.2) is 11.6 Å². The summed E-state index contributed by atoms with van der Waals surface area (Å²) in [5.41, 5.74) is 7.05. The summed E-state index contributed by atoms with van der Waals surface area (Å²) in [5, 5.41) is 3.50. The number of nitrogens with zero attached hydrogens (tertiary/aromatic N) is 5. The molecule has 0 bridgehead atoms. The molecule has 2 fully saturated rings. The van der Waals surface area contributed by atoms with Gasteiger partial charge in [0.1, 0.15) is 17.8 Å². The van der Waals surface area contributed by atoms with E-state index in [0.717, 1.165) is 43.6 Å². The number of aromatic nitrogens is 3. The molecular weight excluding hydrogens is 314 g/mol. The van der Waals surface area contributed by atoms with Crippen molar-refractivity contribution in [1.82, 2.24) is 15.0 Å². The average Bonchev–Trinajstić information content (AvgIpc) is 3.18. The van der Waals surface area contributed by atoms with E-state index in [1.165, 1.54) is 25.7 Å². The predicted molar refractivity (Wildman–Crippen MR) is 101 cm³/mol. The molecule has 1 saturated carbocycles. The standard InChI is InChI=1S/C18H25N7/c19-16-17(23-14-5-1-2-6-14)21-13-22-18(16)25-11-9-24(10-12-25)15-7-3-4-8-20-15/h3-4,7-8,13-14H,1-2,5-6,9-12,19H2,(H,21,22,23). The minimum Gasteiger partial charge on any atom is -0.393 e. The molecule has 0 spiro atoms. The van der Waals surface area contributed by atoms with Gasteiger partial charge in [0.2, 0.25) is 0 Å². The SMILES string of the molecule is Nc1c(NC2CCCC2)ncnc1N1CCN(c2ccccn2)CC1. The summed E-state index contributed by atoms with van der Waals surface area (Å²) in [7, 11) is 0. The summed E-state index contributed by atoms with van der Waals surface area (Å²) in [5.74, 6) is 2.65. The molecule has 3 N–H and O–H groups in total. The van der Waals surface area contributed by atoms with Crippen LogP contribution in [0.15, 0.2) is 30.7 Å². The Hall–Kier alpha value is -2.57. The molecule has 2 aliphatic rings. The van der Waals surface area contributed by atoms with Crippen LogP contribution in [0.25, 0.3) is 0 Å². The second-order valence-corrected chi connectivity index (χ2v) is 6.75. The number of anilines is 4. The number of piperazine rings is 1. The largest absolute Gasteiger partial charge is 0.393 e. The van der Waals surface area contributed by atoms with Crippen LogP contribution in [0.1, 0.15) is 25.7 Å². The van der Waals surface area contributed by atoms with Crippen LogP contribution in [-0.2, 0) is 0 Å². The lowest BCUT2D eigenvalue weighted by Gasteiger charge is -2.36. The zero-order valence-corrected chi connectivity index (χ0v) is 14.4. The fourth-order valence-electron chi connectivity index (χ4n) is 3.70. The van der Waals surface area contributed by atoms with Gasteiger partial charge in [0.25, 0.3) is 0 Å². The van der Waals surface area contributed by atoms with E-state index in [9.17, 15) is 0 Å². The lowest BCUT2D eigenvalue weighted by Crippen LogP contribution is -2.47. The van der Waals surface area contributed by atoms with E-state index in [0.29, 0.717) is 11.7 Å². The number of nitrogens with one attached hydrogen (secondary N) is 1. The van der Waals surface area contributed by atoms with Gasteiger partial charge in [-0.3, -0.25) is 0 Å². The smallest absolute Gasteiger partial charge is 0.157 e. The van der Waals surface area contributed by atoms with Crippen LogP contribution in [-0.4, -0.2) is 47.2 Å². The van der Waals surface area contributed by atoms with Crippen molar-refractivity contribution in [2.24, 2.45) is 0 Å². The minimum absolute atomic E-state index is 0.492. The molecule has 0 atom stereocenters. The Kier molecular flexibility index (Phi) is 4.54. The summed E-state index contributed by atoms with van der Waals surface area (Å²) in [4.78, 5) is 17.8. The van der Waals surface area contributed by atoms with Crippen LogP contribution >= 0.6 is 0 Å². The van der Waals surface area contributed by atoms with E-state index in [2.05, 4.69) is 36.1 Å². The maximum atomic E-state index is 6.38. The zero-order valence-electron chi connectivity index (χ0n) is 14.4. The molecule has 7 heteroatoms. The Bertz CT molecular complexity index is 692. The number of rotatable bonds is 4. The van der Waals surface area contributed by atoms with E-state index in [1.54, 1.807) is 6.33 Å². The first kappa shape index (κ1) is 15.9. The van der Waals surface area contributed by atoms with Crippen LogP contribution in [0.5, 0.6) is 0 Å². The van der Waals surface area contributed by atoms with Crippen LogP contribution in [0, 0.1) is 0 Å². The van der Waals surface area contributed by atoms with Crippen molar-refractivity contribution in [1.29, 1.82) is 0 Å². The Morgan fingerprint density at radius 3 is 2.44 bits per heavy atom.